The highest BCUT2D eigenvalue weighted by atomic mass is 35.5. The molecule has 0 radical (unpaired) electrons. The predicted octanol–water partition coefficient (Wildman–Crippen LogP) is 0.865. The number of hydrogen-bond acceptors (Lipinski definition) is 3. The van der Waals surface area contributed by atoms with Gasteiger partial charge in [0.25, 0.3) is 0 Å². The fraction of sp³-hybridized carbons (Fsp3) is 1.00. The first kappa shape index (κ1) is 11.2. The number of hydrogen-bond donors (Lipinski definition) is 1. The molecule has 0 aromatic heterocycles. The molecule has 0 amide bonds. The Morgan fingerprint density at radius 1 is 1.31 bits per heavy atom. The van der Waals surface area contributed by atoms with Crippen molar-refractivity contribution >= 4 is 22.3 Å². The Labute approximate surface area is 85.1 Å². The number of nitrogens with one attached hydrogen (secondary N) is 1. The molecular weight excluding hydrogens is 212 g/mol. The van der Waals surface area contributed by atoms with Gasteiger partial charge in [0.2, 0.25) is 0 Å². The topological polar surface area (TPSA) is 53.4 Å². The smallest absolute Gasteiger partial charge is 0.110 e. The molecule has 1 unspecified atom stereocenters. The predicted molar refractivity (Wildman–Crippen MR) is 53.5 cm³/mol. The molecule has 6 heteroatoms. The minimum Gasteiger partial charge on any atom is -0.379 e. The van der Waals surface area contributed by atoms with Gasteiger partial charge in [0.1, 0.15) is 9.92 Å². The minimum atomic E-state index is -2.44. The standard InChI is InChI=1S/C7H14N2O2S.ClH/c8-12(10,7-1-2-7)9-3-5-11-6-4-9;/h7-8H,1-6H2;1H. The average Bonchev–Trinajstić information content (AvgIpc) is 2.88. The summed E-state index contributed by atoms with van der Waals surface area (Å²) in [5.74, 6) is 0. The van der Waals surface area contributed by atoms with Crippen LogP contribution in [-0.4, -0.2) is 40.1 Å². The molecule has 2 aliphatic rings. The summed E-state index contributed by atoms with van der Waals surface area (Å²) < 4.78 is 26.5. The molecule has 2 rings (SSSR count). The monoisotopic (exact) mass is 226 g/mol. The second kappa shape index (κ2) is 4.13. The van der Waals surface area contributed by atoms with Crippen molar-refractivity contribution in [3.8, 4) is 0 Å². The molecule has 78 valence electrons. The molecule has 1 atom stereocenters. The zero-order chi connectivity index (χ0) is 8.60. The van der Waals surface area contributed by atoms with Gasteiger partial charge in [-0.25, -0.2) is 13.3 Å². The first-order chi connectivity index (χ1) is 5.71. The highest BCUT2D eigenvalue weighted by Crippen LogP contribution is 2.31. The summed E-state index contributed by atoms with van der Waals surface area (Å²) in [4.78, 5) is 0. The lowest BCUT2D eigenvalue weighted by atomic mass is 10.5. The molecule has 1 saturated heterocycles. The zero-order valence-electron chi connectivity index (χ0n) is 7.40. The van der Waals surface area contributed by atoms with Crippen LogP contribution in [0.5, 0.6) is 0 Å². The highest BCUT2D eigenvalue weighted by Gasteiger charge is 2.37. The van der Waals surface area contributed by atoms with Crippen LogP contribution in [-0.2, 0) is 14.7 Å². The Kier molecular flexibility index (Phi) is 3.57. The van der Waals surface area contributed by atoms with Crippen molar-refractivity contribution in [1.82, 2.24) is 4.31 Å². The van der Waals surface area contributed by atoms with Gasteiger partial charge in [0.05, 0.1) is 18.5 Å². The number of ether oxygens (including phenoxy) is 1. The second-order valence-corrected chi connectivity index (χ2v) is 5.63. The van der Waals surface area contributed by atoms with Crippen LogP contribution in [0.4, 0.5) is 0 Å². The SMILES string of the molecule is Cl.N=S(=O)(C1CC1)N1CCOCC1. The van der Waals surface area contributed by atoms with Crippen LogP contribution in [0.3, 0.4) is 0 Å². The van der Waals surface area contributed by atoms with Crippen molar-refractivity contribution in [2.45, 2.75) is 18.1 Å². The Morgan fingerprint density at radius 2 is 1.85 bits per heavy atom. The highest BCUT2D eigenvalue weighted by molar-refractivity contribution is 7.91. The molecule has 4 nitrogen and oxygen atoms in total. The number of nitrogens with zero attached hydrogens (tertiary/aromatic N) is 1. The van der Waals surface area contributed by atoms with Crippen LogP contribution in [0.15, 0.2) is 0 Å². The summed E-state index contributed by atoms with van der Waals surface area (Å²) in [7, 11) is -2.44. The Morgan fingerprint density at radius 3 is 2.31 bits per heavy atom. The second-order valence-electron chi connectivity index (χ2n) is 3.31. The molecule has 1 saturated carbocycles. The third kappa shape index (κ3) is 2.34. The molecule has 1 N–H and O–H groups in total. The summed E-state index contributed by atoms with van der Waals surface area (Å²) in [6.07, 6.45) is 1.94. The largest absolute Gasteiger partial charge is 0.379 e. The van der Waals surface area contributed by atoms with E-state index in [0.29, 0.717) is 26.3 Å². The molecule has 1 aliphatic carbocycles. The van der Waals surface area contributed by atoms with Crippen molar-refractivity contribution < 1.29 is 8.95 Å². The lowest BCUT2D eigenvalue weighted by molar-refractivity contribution is 0.0743. The van der Waals surface area contributed by atoms with E-state index in [1.54, 1.807) is 4.31 Å². The van der Waals surface area contributed by atoms with Gasteiger partial charge in [-0.3, -0.25) is 0 Å². The first-order valence-electron chi connectivity index (χ1n) is 4.32. The summed E-state index contributed by atoms with van der Waals surface area (Å²) >= 11 is 0. The minimum absolute atomic E-state index is 0. The maximum absolute atomic E-state index is 11.8. The van der Waals surface area contributed by atoms with Gasteiger partial charge in [0.15, 0.2) is 0 Å². The Hall–Kier alpha value is 0.160. The van der Waals surface area contributed by atoms with E-state index in [2.05, 4.69) is 0 Å². The lowest BCUT2D eigenvalue weighted by Crippen LogP contribution is -2.41. The van der Waals surface area contributed by atoms with E-state index in [1.807, 2.05) is 0 Å². The van der Waals surface area contributed by atoms with Gasteiger partial charge in [0, 0.05) is 13.1 Å². The third-order valence-corrected chi connectivity index (χ3v) is 4.84. The quantitative estimate of drug-likeness (QED) is 0.760. The van der Waals surface area contributed by atoms with Gasteiger partial charge in [-0.05, 0) is 12.8 Å². The van der Waals surface area contributed by atoms with Crippen molar-refractivity contribution in [1.29, 1.82) is 4.78 Å². The number of morpholine rings is 1. The van der Waals surface area contributed by atoms with Crippen molar-refractivity contribution in [3.63, 3.8) is 0 Å². The van der Waals surface area contributed by atoms with Gasteiger partial charge in [-0.2, -0.15) is 0 Å². The van der Waals surface area contributed by atoms with Crippen LogP contribution in [0, 0.1) is 4.78 Å². The van der Waals surface area contributed by atoms with Crippen LogP contribution < -0.4 is 0 Å². The van der Waals surface area contributed by atoms with E-state index < -0.39 is 9.92 Å². The van der Waals surface area contributed by atoms with E-state index >= 15 is 0 Å². The Balaban J connectivity index is 0.000000845. The maximum Gasteiger partial charge on any atom is 0.110 e. The van der Waals surface area contributed by atoms with Gasteiger partial charge in [-0.1, -0.05) is 0 Å². The first-order valence-corrected chi connectivity index (χ1v) is 5.89. The van der Waals surface area contributed by atoms with Crippen LogP contribution in [0.2, 0.25) is 0 Å². The molecule has 2 fully saturated rings. The zero-order valence-corrected chi connectivity index (χ0v) is 9.03. The van der Waals surface area contributed by atoms with Gasteiger partial charge < -0.3 is 4.74 Å². The van der Waals surface area contributed by atoms with Crippen molar-refractivity contribution in [2.75, 3.05) is 26.3 Å². The van der Waals surface area contributed by atoms with E-state index in [4.69, 9.17) is 9.52 Å². The van der Waals surface area contributed by atoms with Crippen molar-refractivity contribution in [2.24, 2.45) is 0 Å². The van der Waals surface area contributed by atoms with Crippen LogP contribution in [0.25, 0.3) is 0 Å². The molecule has 1 heterocycles. The fourth-order valence-corrected chi connectivity index (χ4v) is 3.30. The fourth-order valence-electron chi connectivity index (χ4n) is 1.42. The maximum atomic E-state index is 11.8. The third-order valence-electron chi connectivity index (χ3n) is 2.33. The van der Waals surface area contributed by atoms with Crippen molar-refractivity contribution in [3.05, 3.63) is 0 Å². The summed E-state index contributed by atoms with van der Waals surface area (Å²) in [6.45, 7) is 2.59. The van der Waals surface area contributed by atoms with Gasteiger partial charge in [-0.15, -0.1) is 12.4 Å². The van der Waals surface area contributed by atoms with Crippen LogP contribution >= 0.6 is 12.4 Å². The molecule has 1 aliphatic heterocycles. The summed E-state index contributed by atoms with van der Waals surface area (Å²) in [5, 5.41) is 0.149. The molecule has 13 heavy (non-hydrogen) atoms. The molecular formula is C7H15ClN2O2S. The normalized spacial score (nSPS) is 28.9. The molecule has 0 bridgehead atoms. The lowest BCUT2D eigenvalue weighted by Gasteiger charge is -2.28. The molecule has 0 aromatic carbocycles. The average molecular weight is 227 g/mol. The number of halogens is 1. The van der Waals surface area contributed by atoms with E-state index in [0.717, 1.165) is 12.8 Å². The van der Waals surface area contributed by atoms with E-state index in [1.165, 1.54) is 0 Å². The molecule has 0 aromatic rings. The Bertz CT molecular complexity index is 258. The van der Waals surface area contributed by atoms with E-state index in [-0.39, 0.29) is 17.7 Å². The number of rotatable bonds is 2. The van der Waals surface area contributed by atoms with Gasteiger partial charge >= 0.3 is 0 Å². The van der Waals surface area contributed by atoms with Crippen LogP contribution in [0.1, 0.15) is 12.8 Å². The summed E-state index contributed by atoms with van der Waals surface area (Å²) in [5.41, 5.74) is 0. The van der Waals surface area contributed by atoms with E-state index in [9.17, 15) is 4.21 Å². The molecule has 0 spiro atoms. The summed E-state index contributed by atoms with van der Waals surface area (Å²) in [6, 6.07) is 0.